The average Bonchev–Trinajstić information content (AvgIpc) is 2.43. The third kappa shape index (κ3) is 5.01. The Hall–Kier alpha value is -2.50. The minimum Gasteiger partial charge on any atom is -0.497 e. The number of amides is 1. The molecule has 2 N–H and O–H groups in total. The first-order valence-electron chi connectivity index (χ1n) is 6.05. The number of hydrogen-bond donors (Lipinski definition) is 2. The zero-order valence-electron chi connectivity index (χ0n) is 11.4. The third-order valence-electron chi connectivity index (χ3n) is 2.36. The van der Waals surface area contributed by atoms with Crippen molar-refractivity contribution in [3.8, 4) is 11.5 Å². The number of ether oxygens (including phenoxy) is 2. The van der Waals surface area contributed by atoms with Crippen molar-refractivity contribution in [3.05, 3.63) is 29.8 Å². The van der Waals surface area contributed by atoms with Gasteiger partial charge in [-0.25, -0.2) is 4.79 Å². The molecule has 0 aromatic heterocycles. The van der Waals surface area contributed by atoms with Crippen LogP contribution in [0.25, 0.3) is 6.08 Å². The fourth-order valence-electron chi connectivity index (χ4n) is 1.47. The maximum atomic E-state index is 11.3. The third-order valence-corrected chi connectivity index (χ3v) is 2.36. The van der Waals surface area contributed by atoms with Crippen LogP contribution in [0.15, 0.2) is 24.3 Å². The Morgan fingerprint density at radius 1 is 1.40 bits per heavy atom. The van der Waals surface area contributed by atoms with Gasteiger partial charge in [0.15, 0.2) is 6.61 Å². The fourth-order valence-corrected chi connectivity index (χ4v) is 1.47. The summed E-state index contributed by atoms with van der Waals surface area (Å²) in [6, 6.07) is 4.93. The Bertz CT molecular complexity index is 510. The number of rotatable bonds is 7. The zero-order chi connectivity index (χ0) is 15.0. The lowest BCUT2D eigenvalue weighted by Crippen LogP contribution is -2.28. The van der Waals surface area contributed by atoms with E-state index in [1.54, 1.807) is 18.2 Å². The number of aliphatic carboxylic acids is 1. The van der Waals surface area contributed by atoms with Crippen molar-refractivity contribution >= 4 is 18.0 Å². The molecule has 0 bridgehead atoms. The van der Waals surface area contributed by atoms with Crippen LogP contribution in [0.5, 0.6) is 11.5 Å². The van der Waals surface area contributed by atoms with E-state index in [4.69, 9.17) is 14.6 Å². The molecule has 0 aliphatic heterocycles. The minimum absolute atomic E-state index is 0.131. The van der Waals surface area contributed by atoms with Gasteiger partial charge < -0.3 is 19.9 Å². The first-order valence-corrected chi connectivity index (χ1v) is 6.05. The van der Waals surface area contributed by atoms with Gasteiger partial charge in [0.05, 0.1) is 7.11 Å². The van der Waals surface area contributed by atoms with E-state index in [1.165, 1.54) is 13.2 Å². The molecule has 20 heavy (non-hydrogen) atoms. The molecule has 6 nitrogen and oxygen atoms in total. The fraction of sp³-hybridized carbons (Fsp3) is 0.286. The summed E-state index contributed by atoms with van der Waals surface area (Å²) in [6.45, 7) is 2.21. The standard InChI is InChI=1S/C14H17NO5/c1-3-15-13(16)9-20-12-6-5-11(19-2)8-10(12)4-7-14(17)18/h4-8H,3,9H2,1-2H3,(H,15,16)(H,17,18)/b7-4+. The molecule has 1 aromatic carbocycles. The second-order valence-corrected chi connectivity index (χ2v) is 3.82. The van der Waals surface area contributed by atoms with Crippen LogP contribution in [0.2, 0.25) is 0 Å². The van der Waals surface area contributed by atoms with E-state index < -0.39 is 5.97 Å². The summed E-state index contributed by atoms with van der Waals surface area (Å²) in [5.41, 5.74) is 0.524. The molecule has 0 spiro atoms. The monoisotopic (exact) mass is 279 g/mol. The summed E-state index contributed by atoms with van der Waals surface area (Å²) in [5.74, 6) is -0.325. The van der Waals surface area contributed by atoms with Gasteiger partial charge in [-0.15, -0.1) is 0 Å². The molecular formula is C14H17NO5. The van der Waals surface area contributed by atoms with Gasteiger partial charge in [0.25, 0.3) is 5.91 Å². The van der Waals surface area contributed by atoms with Crippen molar-refractivity contribution in [2.24, 2.45) is 0 Å². The molecule has 108 valence electrons. The number of carbonyl (C=O) groups excluding carboxylic acids is 1. The Balaban J connectivity index is 2.87. The van der Waals surface area contributed by atoms with Crippen LogP contribution in [0.1, 0.15) is 12.5 Å². The summed E-state index contributed by atoms with van der Waals surface area (Å²) in [5, 5.41) is 11.3. The van der Waals surface area contributed by atoms with Gasteiger partial charge in [0.1, 0.15) is 11.5 Å². The quantitative estimate of drug-likeness (QED) is 0.735. The normalized spacial score (nSPS) is 10.3. The molecule has 0 saturated heterocycles. The Labute approximate surface area is 117 Å². The molecular weight excluding hydrogens is 262 g/mol. The lowest BCUT2D eigenvalue weighted by Gasteiger charge is -2.10. The number of methoxy groups -OCH3 is 1. The second kappa shape index (κ2) is 7.83. The van der Waals surface area contributed by atoms with E-state index in [0.717, 1.165) is 6.08 Å². The van der Waals surface area contributed by atoms with Crippen molar-refractivity contribution in [3.63, 3.8) is 0 Å². The number of likely N-dealkylation sites (N-methyl/N-ethyl adjacent to an activating group) is 1. The highest BCUT2D eigenvalue weighted by molar-refractivity contribution is 5.86. The van der Waals surface area contributed by atoms with Crippen LogP contribution in [-0.2, 0) is 9.59 Å². The van der Waals surface area contributed by atoms with Crippen LogP contribution in [-0.4, -0.2) is 37.2 Å². The number of hydrogen-bond acceptors (Lipinski definition) is 4. The maximum absolute atomic E-state index is 11.3. The topological polar surface area (TPSA) is 84.9 Å². The van der Waals surface area contributed by atoms with Gasteiger partial charge in [-0.3, -0.25) is 4.79 Å². The van der Waals surface area contributed by atoms with Crippen molar-refractivity contribution in [1.82, 2.24) is 5.32 Å². The lowest BCUT2D eigenvalue weighted by atomic mass is 10.1. The van der Waals surface area contributed by atoms with Gasteiger partial charge in [-0.1, -0.05) is 0 Å². The van der Waals surface area contributed by atoms with Gasteiger partial charge in [0.2, 0.25) is 0 Å². The molecule has 6 heteroatoms. The van der Waals surface area contributed by atoms with Crippen LogP contribution in [0.3, 0.4) is 0 Å². The van der Waals surface area contributed by atoms with Crippen LogP contribution in [0.4, 0.5) is 0 Å². The number of carboxylic acid groups (broad SMARTS) is 1. The smallest absolute Gasteiger partial charge is 0.328 e. The highest BCUT2D eigenvalue weighted by atomic mass is 16.5. The highest BCUT2D eigenvalue weighted by Gasteiger charge is 2.06. The average molecular weight is 279 g/mol. The number of benzene rings is 1. The van der Waals surface area contributed by atoms with Gasteiger partial charge >= 0.3 is 5.97 Å². The summed E-state index contributed by atoms with van der Waals surface area (Å²) in [6.07, 6.45) is 2.38. The maximum Gasteiger partial charge on any atom is 0.328 e. The SMILES string of the molecule is CCNC(=O)COc1ccc(OC)cc1/C=C/C(=O)O. The predicted octanol–water partition coefficient (Wildman–Crippen LogP) is 1.31. The van der Waals surface area contributed by atoms with Crippen molar-refractivity contribution in [2.45, 2.75) is 6.92 Å². The Morgan fingerprint density at radius 2 is 2.15 bits per heavy atom. The van der Waals surface area contributed by atoms with E-state index in [-0.39, 0.29) is 12.5 Å². The van der Waals surface area contributed by atoms with Crippen molar-refractivity contribution in [2.75, 3.05) is 20.3 Å². The van der Waals surface area contributed by atoms with E-state index >= 15 is 0 Å². The molecule has 0 atom stereocenters. The molecule has 0 radical (unpaired) electrons. The molecule has 0 unspecified atom stereocenters. The molecule has 0 fully saturated rings. The van der Waals surface area contributed by atoms with Crippen LogP contribution >= 0.6 is 0 Å². The molecule has 0 saturated carbocycles. The predicted molar refractivity (Wildman–Crippen MR) is 73.8 cm³/mol. The second-order valence-electron chi connectivity index (χ2n) is 3.82. The van der Waals surface area contributed by atoms with Gasteiger partial charge in [0, 0.05) is 18.2 Å². The molecule has 0 aliphatic rings. The molecule has 0 heterocycles. The van der Waals surface area contributed by atoms with Crippen molar-refractivity contribution in [1.29, 1.82) is 0 Å². The van der Waals surface area contributed by atoms with Crippen molar-refractivity contribution < 1.29 is 24.2 Å². The van der Waals surface area contributed by atoms with E-state index in [0.29, 0.717) is 23.6 Å². The minimum atomic E-state index is -1.07. The first kappa shape index (κ1) is 15.6. The Morgan fingerprint density at radius 3 is 2.75 bits per heavy atom. The summed E-state index contributed by atoms with van der Waals surface area (Å²) in [7, 11) is 1.51. The lowest BCUT2D eigenvalue weighted by molar-refractivity contribution is -0.131. The summed E-state index contributed by atoms with van der Waals surface area (Å²) in [4.78, 5) is 21.9. The summed E-state index contributed by atoms with van der Waals surface area (Å²) >= 11 is 0. The molecule has 1 amide bonds. The molecule has 1 rings (SSSR count). The van der Waals surface area contributed by atoms with Gasteiger partial charge in [-0.2, -0.15) is 0 Å². The van der Waals surface area contributed by atoms with E-state index in [9.17, 15) is 9.59 Å². The molecule has 1 aromatic rings. The zero-order valence-corrected chi connectivity index (χ0v) is 11.4. The Kier molecular flexibility index (Phi) is 6.09. The van der Waals surface area contributed by atoms with E-state index in [2.05, 4.69) is 5.32 Å². The first-order chi connectivity index (χ1) is 9.56. The number of nitrogens with one attached hydrogen (secondary N) is 1. The molecule has 0 aliphatic carbocycles. The summed E-state index contributed by atoms with van der Waals surface area (Å²) < 4.78 is 10.4. The number of carbonyl (C=O) groups is 2. The highest BCUT2D eigenvalue weighted by Crippen LogP contribution is 2.25. The van der Waals surface area contributed by atoms with Crippen LogP contribution in [0, 0.1) is 0 Å². The number of carboxylic acids is 1. The van der Waals surface area contributed by atoms with Gasteiger partial charge in [-0.05, 0) is 31.2 Å². The van der Waals surface area contributed by atoms with Crippen LogP contribution < -0.4 is 14.8 Å². The van der Waals surface area contributed by atoms with E-state index in [1.807, 2.05) is 6.92 Å². The largest absolute Gasteiger partial charge is 0.497 e.